The fourth-order valence-corrected chi connectivity index (χ4v) is 6.19. The molecule has 2 heterocycles. The molecule has 2 aliphatic heterocycles. The van der Waals surface area contributed by atoms with Gasteiger partial charge < -0.3 is 5.73 Å². The minimum absolute atomic E-state index is 0.0530. The Kier molecular flexibility index (Phi) is 5.72. The second-order valence-corrected chi connectivity index (χ2v) is 9.74. The molecular formula is C22H26N3O3S. The first kappa shape index (κ1) is 20.1. The Morgan fingerprint density at radius 1 is 1.00 bits per heavy atom. The van der Waals surface area contributed by atoms with E-state index in [1.54, 1.807) is 30.3 Å². The summed E-state index contributed by atoms with van der Waals surface area (Å²) >= 11 is 0. The topological polar surface area (TPSA) is 83.7 Å². The molecule has 1 radical (unpaired) electrons. The van der Waals surface area contributed by atoms with E-state index in [1.807, 2.05) is 18.2 Å². The lowest BCUT2D eigenvalue weighted by molar-refractivity contribution is -0.123. The van der Waals surface area contributed by atoms with E-state index in [9.17, 15) is 13.2 Å². The standard InChI is InChI=1S/C22H26N3O3S/c23-22(26)21-20-16-25(29(27,28)19-11-5-2-6-12-19)15-18(20)14-24(21)13-7-10-17-8-3-1-4-9-17/h1-6,8-12,18,20-21H,7,13-16H2,(H2,23,26)/t18?,20-,21?/m1/s1. The van der Waals surface area contributed by atoms with Gasteiger partial charge in [0.1, 0.15) is 0 Å². The van der Waals surface area contributed by atoms with Crippen LogP contribution in [0.25, 0.3) is 0 Å². The summed E-state index contributed by atoms with van der Waals surface area (Å²) in [6.45, 7) is 2.21. The van der Waals surface area contributed by atoms with E-state index in [2.05, 4.69) is 23.5 Å². The van der Waals surface area contributed by atoms with E-state index < -0.39 is 16.1 Å². The summed E-state index contributed by atoms with van der Waals surface area (Å²) in [7, 11) is -3.54. The molecule has 0 saturated carbocycles. The molecule has 29 heavy (non-hydrogen) atoms. The van der Waals surface area contributed by atoms with E-state index in [0.29, 0.717) is 24.5 Å². The molecule has 2 fully saturated rings. The van der Waals surface area contributed by atoms with Gasteiger partial charge >= 0.3 is 0 Å². The van der Waals surface area contributed by atoms with Crippen molar-refractivity contribution in [3.63, 3.8) is 0 Å². The van der Waals surface area contributed by atoms with Crippen molar-refractivity contribution in [3.05, 3.63) is 72.6 Å². The van der Waals surface area contributed by atoms with Gasteiger partial charge in [-0.05, 0) is 43.0 Å². The van der Waals surface area contributed by atoms with Crippen molar-refractivity contribution in [2.45, 2.75) is 17.4 Å². The minimum Gasteiger partial charge on any atom is -0.368 e. The zero-order valence-electron chi connectivity index (χ0n) is 16.2. The molecule has 2 unspecified atom stereocenters. The van der Waals surface area contributed by atoms with Crippen LogP contribution in [0.2, 0.25) is 0 Å². The van der Waals surface area contributed by atoms with E-state index in [4.69, 9.17) is 5.73 Å². The molecular weight excluding hydrogens is 386 g/mol. The second-order valence-electron chi connectivity index (χ2n) is 7.80. The van der Waals surface area contributed by atoms with Crippen LogP contribution in [0.4, 0.5) is 0 Å². The van der Waals surface area contributed by atoms with Gasteiger partial charge in [0.05, 0.1) is 10.9 Å². The van der Waals surface area contributed by atoms with Crippen LogP contribution >= 0.6 is 0 Å². The lowest BCUT2D eigenvalue weighted by Gasteiger charge is -2.27. The monoisotopic (exact) mass is 412 g/mol. The average molecular weight is 413 g/mol. The first-order valence-corrected chi connectivity index (χ1v) is 11.4. The van der Waals surface area contributed by atoms with Crippen molar-refractivity contribution in [2.75, 3.05) is 26.2 Å². The number of likely N-dealkylation sites (tertiary alicyclic amines) is 1. The molecule has 0 spiro atoms. The maximum atomic E-state index is 12.9. The third-order valence-corrected chi connectivity index (χ3v) is 7.84. The molecule has 3 atom stereocenters. The number of nitrogens with two attached hydrogens (primary N) is 1. The van der Waals surface area contributed by atoms with Crippen molar-refractivity contribution < 1.29 is 13.2 Å². The first-order chi connectivity index (χ1) is 14.0. The minimum atomic E-state index is -3.54. The summed E-state index contributed by atoms with van der Waals surface area (Å²) in [5, 5.41) is 0. The van der Waals surface area contributed by atoms with Gasteiger partial charge in [-0.15, -0.1) is 0 Å². The average Bonchev–Trinajstić information content (AvgIpc) is 3.27. The Bertz CT molecular complexity index is 950. The molecule has 2 aliphatic rings. The maximum absolute atomic E-state index is 12.9. The molecule has 0 bridgehead atoms. The van der Waals surface area contributed by atoms with Gasteiger partial charge in [0.15, 0.2) is 0 Å². The normalized spacial score (nSPS) is 25.2. The number of amides is 1. The van der Waals surface area contributed by atoms with E-state index >= 15 is 0 Å². The molecule has 153 valence electrons. The van der Waals surface area contributed by atoms with E-state index in [1.165, 1.54) is 4.31 Å². The van der Waals surface area contributed by atoms with Crippen LogP contribution < -0.4 is 5.73 Å². The van der Waals surface area contributed by atoms with Crippen LogP contribution in [0, 0.1) is 18.3 Å². The van der Waals surface area contributed by atoms with E-state index in [-0.39, 0.29) is 17.7 Å². The summed E-state index contributed by atoms with van der Waals surface area (Å²) in [6.07, 6.45) is 2.97. The molecule has 2 aromatic rings. The molecule has 7 heteroatoms. The van der Waals surface area contributed by atoms with Gasteiger partial charge in [0.25, 0.3) is 0 Å². The third-order valence-electron chi connectivity index (χ3n) is 5.99. The van der Waals surface area contributed by atoms with Crippen molar-refractivity contribution in [1.29, 1.82) is 0 Å². The van der Waals surface area contributed by atoms with Crippen molar-refractivity contribution in [2.24, 2.45) is 17.6 Å². The Morgan fingerprint density at radius 2 is 1.66 bits per heavy atom. The molecule has 6 nitrogen and oxygen atoms in total. The third kappa shape index (κ3) is 4.08. The van der Waals surface area contributed by atoms with Crippen LogP contribution in [0.1, 0.15) is 12.0 Å². The highest BCUT2D eigenvalue weighted by atomic mass is 32.2. The van der Waals surface area contributed by atoms with Gasteiger partial charge in [-0.2, -0.15) is 4.31 Å². The van der Waals surface area contributed by atoms with E-state index in [0.717, 1.165) is 18.5 Å². The molecule has 4 rings (SSSR count). The molecule has 2 saturated heterocycles. The predicted octanol–water partition coefficient (Wildman–Crippen LogP) is 1.74. The lowest BCUT2D eigenvalue weighted by atomic mass is 9.94. The molecule has 0 aliphatic carbocycles. The Labute approximate surface area is 172 Å². The fraction of sp³-hybridized carbons (Fsp3) is 0.364. The number of fused-ring (bicyclic) bond motifs is 1. The highest BCUT2D eigenvalue weighted by Crippen LogP contribution is 2.38. The van der Waals surface area contributed by atoms with Crippen LogP contribution in [-0.2, 0) is 14.8 Å². The predicted molar refractivity (Wildman–Crippen MR) is 111 cm³/mol. The van der Waals surface area contributed by atoms with Gasteiger partial charge in [0.2, 0.25) is 15.9 Å². The quantitative estimate of drug-likeness (QED) is 0.751. The number of hydrogen-bond acceptors (Lipinski definition) is 4. The smallest absolute Gasteiger partial charge is 0.243 e. The Balaban J connectivity index is 1.42. The molecule has 2 aromatic carbocycles. The van der Waals surface area contributed by atoms with Crippen LogP contribution in [0.15, 0.2) is 65.6 Å². The number of sulfonamides is 1. The van der Waals surface area contributed by atoms with Gasteiger partial charge in [0, 0.05) is 25.6 Å². The fourth-order valence-electron chi connectivity index (χ4n) is 4.64. The van der Waals surface area contributed by atoms with Gasteiger partial charge in [-0.25, -0.2) is 8.42 Å². The molecule has 1 amide bonds. The zero-order chi connectivity index (χ0) is 20.4. The number of carbonyl (C=O) groups excluding carboxylic acids is 1. The lowest BCUT2D eigenvalue weighted by Crippen LogP contribution is -2.46. The van der Waals surface area contributed by atoms with Crippen LogP contribution in [0.3, 0.4) is 0 Å². The van der Waals surface area contributed by atoms with Crippen molar-refractivity contribution in [1.82, 2.24) is 9.21 Å². The number of nitrogens with zero attached hydrogens (tertiary/aromatic N) is 2. The maximum Gasteiger partial charge on any atom is 0.243 e. The number of primary amides is 1. The highest BCUT2D eigenvalue weighted by Gasteiger charge is 2.51. The zero-order valence-corrected chi connectivity index (χ0v) is 17.0. The summed E-state index contributed by atoms with van der Waals surface area (Å²) < 4.78 is 27.4. The Morgan fingerprint density at radius 3 is 2.31 bits per heavy atom. The van der Waals surface area contributed by atoms with Crippen LogP contribution in [0.5, 0.6) is 0 Å². The molecule has 2 N–H and O–H groups in total. The largest absolute Gasteiger partial charge is 0.368 e. The number of hydrogen-bond donors (Lipinski definition) is 1. The summed E-state index contributed by atoms with van der Waals surface area (Å²) in [5.74, 6) is -0.290. The number of benzene rings is 2. The Hall–Kier alpha value is -2.22. The summed E-state index contributed by atoms with van der Waals surface area (Å²) in [6, 6.07) is 18.1. The first-order valence-electron chi connectivity index (χ1n) is 9.93. The number of rotatable bonds is 7. The van der Waals surface area contributed by atoms with Gasteiger partial charge in [-0.3, -0.25) is 9.69 Å². The second kappa shape index (κ2) is 8.26. The highest BCUT2D eigenvalue weighted by molar-refractivity contribution is 7.89. The summed E-state index contributed by atoms with van der Waals surface area (Å²) in [5.41, 5.74) is 6.89. The van der Waals surface area contributed by atoms with Crippen LogP contribution in [-0.4, -0.2) is 55.8 Å². The summed E-state index contributed by atoms with van der Waals surface area (Å²) in [4.78, 5) is 14.6. The number of carbonyl (C=O) groups is 1. The van der Waals surface area contributed by atoms with Crippen molar-refractivity contribution >= 4 is 15.9 Å². The molecule has 0 aromatic heterocycles. The van der Waals surface area contributed by atoms with Gasteiger partial charge in [-0.1, -0.05) is 48.5 Å². The van der Waals surface area contributed by atoms with Crippen molar-refractivity contribution in [3.8, 4) is 0 Å². The SMILES string of the molecule is NC(=O)C1[C@@H]2CN(S(=O)(=O)c3ccccc3)CC2CN1CC[CH]c1ccccc1.